The van der Waals surface area contributed by atoms with Gasteiger partial charge in [0.2, 0.25) is 0 Å². The Hall–Kier alpha value is -2.11. The Morgan fingerprint density at radius 2 is 1.86 bits per heavy atom. The number of rotatable bonds is 3. The molecule has 0 fully saturated rings. The standard InChI is InChI=1S/C15H13Cl2N3O2/c1-9-7-11(16)19-13(17)12(9)14(21)20-15(22)18-8-10-5-3-2-4-6-10/h2-7H,8H2,1H3,(H2,18,20,21,22). The van der Waals surface area contributed by atoms with Crippen molar-refractivity contribution in [2.45, 2.75) is 13.5 Å². The molecule has 0 saturated heterocycles. The van der Waals surface area contributed by atoms with Crippen LogP contribution >= 0.6 is 23.2 Å². The molecule has 2 N–H and O–H groups in total. The first kappa shape index (κ1) is 16.3. The molecule has 1 aromatic heterocycles. The van der Waals surface area contributed by atoms with Crippen LogP contribution in [0.15, 0.2) is 36.4 Å². The van der Waals surface area contributed by atoms with Crippen LogP contribution in [0, 0.1) is 6.92 Å². The summed E-state index contributed by atoms with van der Waals surface area (Å²) in [5.41, 5.74) is 1.59. The molecular formula is C15H13Cl2N3O2. The molecule has 0 aliphatic rings. The highest BCUT2D eigenvalue weighted by molar-refractivity contribution is 6.35. The molecule has 1 aromatic carbocycles. The fraction of sp³-hybridized carbons (Fsp3) is 0.133. The fourth-order valence-corrected chi connectivity index (χ4v) is 2.47. The maximum absolute atomic E-state index is 12.1. The van der Waals surface area contributed by atoms with E-state index in [4.69, 9.17) is 23.2 Å². The summed E-state index contributed by atoms with van der Waals surface area (Å²) < 4.78 is 0. The van der Waals surface area contributed by atoms with E-state index < -0.39 is 11.9 Å². The van der Waals surface area contributed by atoms with Crippen LogP contribution in [0.4, 0.5) is 4.79 Å². The fourth-order valence-electron chi connectivity index (χ4n) is 1.86. The van der Waals surface area contributed by atoms with Crippen molar-refractivity contribution >= 4 is 35.1 Å². The molecule has 2 aromatic rings. The minimum atomic E-state index is -0.628. The number of halogens is 2. The maximum atomic E-state index is 12.1. The summed E-state index contributed by atoms with van der Waals surface area (Å²) in [5.74, 6) is -0.628. The van der Waals surface area contributed by atoms with Gasteiger partial charge >= 0.3 is 6.03 Å². The summed E-state index contributed by atoms with van der Waals surface area (Å²) in [4.78, 5) is 27.6. The van der Waals surface area contributed by atoms with Crippen LogP contribution in [-0.2, 0) is 6.54 Å². The molecule has 5 nitrogen and oxygen atoms in total. The molecule has 0 radical (unpaired) electrons. The van der Waals surface area contributed by atoms with Gasteiger partial charge in [-0.15, -0.1) is 0 Å². The molecule has 1 heterocycles. The molecule has 114 valence electrons. The maximum Gasteiger partial charge on any atom is 0.321 e. The number of amides is 3. The van der Waals surface area contributed by atoms with E-state index in [9.17, 15) is 9.59 Å². The van der Waals surface area contributed by atoms with Gasteiger partial charge in [-0.2, -0.15) is 0 Å². The number of aromatic nitrogens is 1. The van der Waals surface area contributed by atoms with Crippen molar-refractivity contribution in [1.82, 2.24) is 15.6 Å². The first-order valence-electron chi connectivity index (χ1n) is 6.43. The average Bonchev–Trinajstić information content (AvgIpc) is 2.45. The Morgan fingerprint density at radius 1 is 1.18 bits per heavy atom. The molecule has 0 unspecified atom stereocenters. The van der Waals surface area contributed by atoms with Crippen LogP contribution in [0.25, 0.3) is 0 Å². The molecule has 2 rings (SSSR count). The number of carbonyl (C=O) groups is 2. The van der Waals surface area contributed by atoms with E-state index in [2.05, 4.69) is 15.6 Å². The molecule has 0 saturated carbocycles. The zero-order valence-electron chi connectivity index (χ0n) is 11.7. The highest BCUT2D eigenvalue weighted by atomic mass is 35.5. The third kappa shape index (κ3) is 4.19. The van der Waals surface area contributed by atoms with Gasteiger partial charge < -0.3 is 5.32 Å². The number of carbonyl (C=O) groups excluding carboxylic acids is 2. The molecule has 0 aliphatic carbocycles. The lowest BCUT2D eigenvalue weighted by Crippen LogP contribution is -2.39. The molecule has 0 aliphatic heterocycles. The summed E-state index contributed by atoms with van der Waals surface area (Å²) in [6.07, 6.45) is 0. The first-order valence-corrected chi connectivity index (χ1v) is 7.18. The second-order valence-electron chi connectivity index (χ2n) is 4.55. The van der Waals surface area contributed by atoms with Crippen molar-refractivity contribution in [2.24, 2.45) is 0 Å². The van der Waals surface area contributed by atoms with Crippen LogP contribution in [0.2, 0.25) is 10.3 Å². The van der Waals surface area contributed by atoms with Gasteiger partial charge in [0.25, 0.3) is 5.91 Å². The van der Waals surface area contributed by atoms with E-state index in [1.165, 1.54) is 6.07 Å². The Balaban J connectivity index is 1.99. The third-order valence-corrected chi connectivity index (χ3v) is 3.36. The Bertz CT molecular complexity index is 682. The van der Waals surface area contributed by atoms with Crippen molar-refractivity contribution in [1.29, 1.82) is 0 Å². The summed E-state index contributed by atoms with van der Waals surface area (Å²) in [6, 6.07) is 10.2. The topological polar surface area (TPSA) is 71.1 Å². The number of benzene rings is 1. The van der Waals surface area contributed by atoms with Crippen LogP contribution in [-0.4, -0.2) is 16.9 Å². The number of pyridine rings is 1. The van der Waals surface area contributed by atoms with E-state index >= 15 is 0 Å². The zero-order chi connectivity index (χ0) is 16.1. The van der Waals surface area contributed by atoms with Gasteiger partial charge in [0.1, 0.15) is 10.3 Å². The molecule has 22 heavy (non-hydrogen) atoms. The minimum absolute atomic E-state index is 0.0432. The normalized spacial score (nSPS) is 10.1. The van der Waals surface area contributed by atoms with E-state index in [-0.39, 0.29) is 15.9 Å². The number of hydrogen-bond donors (Lipinski definition) is 2. The predicted molar refractivity (Wildman–Crippen MR) is 85.1 cm³/mol. The van der Waals surface area contributed by atoms with Crippen molar-refractivity contribution < 1.29 is 9.59 Å². The second-order valence-corrected chi connectivity index (χ2v) is 5.30. The van der Waals surface area contributed by atoms with Crippen LogP contribution < -0.4 is 10.6 Å². The quantitative estimate of drug-likeness (QED) is 0.844. The van der Waals surface area contributed by atoms with Gasteiger partial charge in [-0.1, -0.05) is 53.5 Å². The van der Waals surface area contributed by atoms with Gasteiger partial charge in [0.05, 0.1) is 5.56 Å². The molecule has 0 bridgehead atoms. The average molecular weight is 338 g/mol. The van der Waals surface area contributed by atoms with Crippen LogP contribution in [0.5, 0.6) is 0 Å². The van der Waals surface area contributed by atoms with Crippen molar-refractivity contribution in [2.75, 3.05) is 0 Å². The molecule has 0 spiro atoms. The summed E-state index contributed by atoms with van der Waals surface area (Å²) in [5, 5.41) is 4.94. The smallest absolute Gasteiger partial charge is 0.321 e. The largest absolute Gasteiger partial charge is 0.334 e. The number of imide groups is 1. The number of hydrogen-bond acceptors (Lipinski definition) is 3. The van der Waals surface area contributed by atoms with Crippen molar-refractivity contribution in [3.05, 3.63) is 63.4 Å². The van der Waals surface area contributed by atoms with E-state index in [0.717, 1.165) is 5.56 Å². The van der Waals surface area contributed by atoms with Crippen LogP contribution in [0.3, 0.4) is 0 Å². The third-order valence-electron chi connectivity index (χ3n) is 2.89. The molecular weight excluding hydrogens is 325 g/mol. The van der Waals surface area contributed by atoms with Crippen LogP contribution in [0.1, 0.15) is 21.5 Å². The lowest BCUT2D eigenvalue weighted by molar-refractivity contribution is 0.0963. The number of nitrogens with zero attached hydrogens (tertiary/aromatic N) is 1. The van der Waals surface area contributed by atoms with Gasteiger partial charge in [0.15, 0.2) is 0 Å². The Kier molecular flexibility index (Phi) is 5.35. The highest BCUT2D eigenvalue weighted by Crippen LogP contribution is 2.21. The monoisotopic (exact) mass is 337 g/mol. The molecule has 0 atom stereocenters. The summed E-state index contributed by atoms with van der Waals surface area (Å²) >= 11 is 11.6. The summed E-state index contributed by atoms with van der Waals surface area (Å²) in [7, 11) is 0. The van der Waals surface area contributed by atoms with Crippen molar-refractivity contribution in [3.63, 3.8) is 0 Å². The number of aryl methyl sites for hydroxylation is 1. The second kappa shape index (κ2) is 7.24. The Morgan fingerprint density at radius 3 is 2.50 bits per heavy atom. The lowest BCUT2D eigenvalue weighted by atomic mass is 10.1. The highest BCUT2D eigenvalue weighted by Gasteiger charge is 2.18. The van der Waals surface area contributed by atoms with Gasteiger partial charge in [-0.3, -0.25) is 10.1 Å². The zero-order valence-corrected chi connectivity index (χ0v) is 13.2. The van der Waals surface area contributed by atoms with E-state index in [0.29, 0.717) is 12.1 Å². The lowest BCUT2D eigenvalue weighted by Gasteiger charge is -2.09. The molecule has 7 heteroatoms. The first-order chi connectivity index (χ1) is 10.5. The van der Waals surface area contributed by atoms with Gasteiger partial charge in [-0.05, 0) is 24.1 Å². The summed E-state index contributed by atoms with van der Waals surface area (Å²) in [6.45, 7) is 1.97. The number of nitrogens with one attached hydrogen (secondary N) is 2. The van der Waals surface area contributed by atoms with Gasteiger partial charge in [0, 0.05) is 6.54 Å². The Labute approximate surface area is 137 Å². The van der Waals surface area contributed by atoms with E-state index in [1.807, 2.05) is 30.3 Å². The molecule has 3 amide bonds. The van der Waals surface area contributed by atoms with Crippen molar-refractivity contribution in [3.8, 4) is 0 Å². The number of urea groups is 1. The van der Waals surface area contributed by atoms with Gasteiger partial charge in [-0.25, -0.2) is 9.78 Å². The minimum Gasteiger partial charge on any atom is -0.334 e. The SMILES string of the molecule is Cc1cc(Cl)nc(Cl)c1C(=O)NC(=O)NCc1ccccc1. The van der Waals surface area contributed by atoms with E-state index in [1.54, 1.807) is 6.92 Å². The predicted octanol–water partition coefficient (Wildman–Crippen LogP) is 3.34.